The molecular weight excluding hydrogens is 212 g/mol. The minimum Gasteiger partial charge on any atom is -0.311 e. The van der Waals surface area contributed by atoms with Crippen molar-refractivity contribution in [3.63, 3.8) is 0 Å². The van der Waals surface area contributed by atoms with Crippen molar-refractivity contribution in [3.05, 3.63) is 0 Å². The van der Waals surface area contributed by atoms with Gasteiger partial charge in [-0.15, -0.1) is 0 Å². The summed E-state index contributed by atoms with van der Waals surface area (Å²) in [4.78, 5) is 2.28. The van der Waals surface area contributed by atoms with Crippen LogP contribution >= 0.6 is 0 Å². The van der Waals surface area contributed by atoms with E-state index >= 15 is 0 Å². The maximum absolute atomic E-state index is 11.2. The predicted molar refractivity (Wildman–Crippen MR) is 62.8 cm³/mol. The van der Waals surface area contributed by atoms with Gasteiger partial charge >= 0.3 is 0 Å². The fraction of sp³-hybridized carbons (Fsp3) is 1.00. The molecule has 0 aromatic carbocycles. The van der Waals surface area contributed by atoms with Crippen molar-refractivity contribution in [2.45, 2.75) is 38.9 Å². The van der Waals surface area contributed by atoms with Crippen LogP contribution in [0.25, 0.3) is 0 Å². The molecular formula is C10H22N2O2S. The standard InChI is InChI=1S/C10H22N2O2S/c1-8-6-12(9(2)5-11-8)10(3)7-15(4,13)14/h8-11H,5-7H2,1-4H3. The first-order valence-electron chi connectivity index (χ1n) is 5.46. The van der Waals surface area contributed by atoms with E-state index in [2.05, 4.69) is 24.1 Å². The van der Waals surface area contributed by atoms with E-state index in [1.807, 2.05) is 6.92 Å². The van der Waals surface area contributed by atoms with Gasteiger partial charge in [0, 0.05) is 37.5 Å². The van der Waals surface area contributed by atoms with Gasteiger partial charge in [-0.2, -0.15) is 0 Å². The Morgan fingerprint density at radius 1 is 1.47 bits per heavy atom. The maximum atomic E-state index is 11.2. The molecule has 1 aliphatic rings. The third-order valence-corrected chi connectivity index (χ3v) is 4.01. The Bertz CT molecular complexity index is 303. The minimum absolute atomic E-state index is 0.111. The summed E-state index contributed by atoms with van der Waals surface area (Å²) in [5.41, 5.74) is 0. The maximum Gasteiger partial charge on any atom is 0.148 e. The lowest BCUT2D eigenvalue weighted by molar-refractivity contribution is 0.113. The first-order valence-corrected chi connectivity index (χ1v) is 7.52. The lowest BCUT2D eigenvalue weighted by Crippen LogP contribution is -2.58. The smallest absolute Gasteiger partial charge is 0.148 e. The van der Waals surface area contributed by atoms with Gasteiger partial charge in [0.05, 0.1) is 5.75 Å². The number of hydrogen-bond donors (Lipinski definition) is 1. The summed E-state index contributed by atoms with van der Waals surface area (Å²) in [6.07, 6.45) is 1.31. The molecule has 0 spiro atoms. The van der Waals surface area contributed by atoms with E-state index in [1.54, 1.807) is 0 Å². The highest BCUT2D eigenvalue weighted by Gasteiger charge is 2.27. The van der Waals surface area contributed by atoms with Crippen molar-refractivity contribution >= 4 is 9.84 Å². The normalized spacial score (nSPS) is 31.5. The Morgan fingerprint density at radius 2 is 2.07 bits per heavy atom. The van der Waals surface area contributed by atoms with Gasteiger partial charge in [0.2, 0.25) is 0 Å². The third kappa shape index (κ3) is 4.09. The molecule has 1 saturated heterocycles. The molecule has 3 unspecified atom stereocenters. The van der Waals surface area contributed by atoms with Crippen molar-refractivity contribution in [2.24, 2.45) is 0 Å². The molecule has 0 radical (unpaired) electrons. The zero-order valence-electron chi connectivity index (χ0n) is 10.0. The second-order valence-electron chi connectivity index (χ2n) is 4.80. The van der Waals surface area contributed by atoms with Crippen molar-refractivity contribution in [1.82, 2.24) is 10.2 Å². The van der Waals surface area contributed by atoms with Crippen molar-refractivity contribution in [3.8, 4) is 0 Å². The fourth-order valence-electron chi connectivity index (χ4n) is 2.20. The predicted octanol–water partition coefficient (Wildman–Crippen LogP) is 0.102. The van der Waals surface area contributed by atoms with E-state index in [9.17, 15) is 8.42 Å². The summed E-state index contributed by atoms with van der Waals surface area (Å²) in [5, 5.41) is 3.39. The van der Waals surface area contributed by atoms with Crippen LogP contribution in [-0.2, 0) is 9.84 Å². The van der Waals surface area contributed by atoms with Crippen LogP contribution < -0.4 is 5.32 Å². The molecule has 1 N–H and O–H groups in total. The molecule has 90 valence electrons. The molecule has 1 aliphatic heterocycles. The number of nitrogens with one attached hydrogen (secondary N) is 1. The molecule has 1 heterocycles. The number of rotatable bonds is 3. The van der Waals surface area contributed by atoms with Gasteiger partial charge in [0.15, 0.2) is 0 Å². The largest absolute Gasteiger partial charge is 0.311 e. The summed E-state index contributed by atoms with van der Waals surface area (Å²) < 4.78 is 22.5. The second-order valence-corrected chi connectivity index (χ2v) is 6.98. The van der Waals surface area contributed by atoms with Gasteiger partial charge in [0.25, 0.3) is 0 Å². The SMILES string of the molecule is CC1CN(C(C)CS(C)(=O)=O)C(C)CN1. The second kappa shape index (κ2) is 4.80. The van der Waals surface area contributed by atoms with E-state index in [0.29, 0.717) is 12.1 Å². The van der Waals surface area contributed by atoms with Crippen LogP contribution in [0.5, 0.6) is 0 Å². The van der Waals surface area contributed by atoms with Crippen molar-refractivity contribution in [2.75, 3.05) is 25.1 Å². The Labute approximate surface area is 93.0 Å². The van der Waals surface area contributed by atoms with Gasteiger partial charge in [-0.05, 0) is 20.8 Å². The molecule has 0 aromatic heterocycles. The molecule has 0 bridgehead atoms. The number of sulfone groups is 1. The van der Waals surface area contributed by atoms with Crippen LogP contribution in [0.1, 0.15) is 20.8 Å². The molecule has 4 nitrogen and oxygen atoms in total. The molecule has 1 rings (SSSR count). The minimum atomic E-state index is -2.88. The Morgan fingerprint density at radius 3 is 2.60 bits per heavy atom. The topological polar surface area (TPSA) is 49.4 Å². The lowest BCUT2D eigenvalue weighted by atomic mass is 10.1. The van der Waals surface area contributed by atoms with Crippen LogP contribution in [0.15, 0.2) is 0 Å². The lowest BCUT2D eigenvalue weighted by Gasteiger charge is -2.41. The van der Waals surface area contributed by atoms with E-state index in [1.165, 1.54) is 6.26 Å². The highest BCUT2D eigenvalue weighted by atomic mass is 32.2. The monoisotopic (exact) mass is 234 g/mol. The fourth-order valence-corrected chi connectivity index (χ4v) is 3.27. The zero-order valence-corrected chi connectivity index (χ0v) is 10.8. The van der Waals surface area contributed by atoms with Gasteiger partial charge < -0.3 is 5.32 Å². The zero-order chi connectivity index (χ0) is 11.6. The molecule has 3 atom stereocenters. The quantitative estimate of drug-likeness (QED) is 0.752. The van der Waals surface area contributed by atoms with Gasteiger partial charge in [-0.25, -0.2) is 8.42 Å². The Balaban J connectivity index is 2.60. The Hall–Kier alpha value is -0.130. The summed E-state index contributed by atoms with van der Waals surface area (Å²) >= 11 is 0. The van der Waals surface area contributed by atoms with Crippen LogP contribution in [-0.4, -0.2) is 56.5 Å². The van der Waals surface area contributed by atoms with Crippen LogP contribution in [0.4, 0.5) is 0 Å². The summed E-state index contributed by atoms with van der Waals surface area (Å²) in [5.74, 6) is 0.254. The van der Waals surface area contributed by atoms with Crippen LogP contribution in [0.3, 0.4) is 0 Å². The number of nitrogens with zero attached hydrogens (tertiary/aromatic N) is 1. The van der Waals surface area contributed by atoms with E-state index < -0.39 is 9.84 Å². The van der Waals surface area contributed by atoms with E-state index in [4.69, 9.17) is 0 Å². The molecule has 15 heavy (non-hydrogen) atoms. The van der Waals surface area contributed by atoms with Crippen LogP contribution in [0, 0.1) is 0 Å². The highest BCUT2D eigenvalue weighted by molar-refractivity contribution is 7.90. The molecule has 5 heteroatoms. The van der Waals surface area contributed by atoms with Gasteiger partial charge in [0.1, 0.15) is 9.84 Å². The molecule has 0 aliphatic carbocycles. The van der Waals surface area contributed by atoms with Crippen molar-refractivity contribution < 1.29 is 8.42 Å². The first-order chi connectivity index (χ1) is 6.79. The van der Waals surface area contributed by atoms with E-state index in [0.717, 1.165) is 13.1 Å². The number of hydrogen-bond acceptors (Lipinski definition) is 4. The summed E-state index contributed by atoms with van der Waals surface area (Å²) in [6.45, 7) is 8.13. The molecule has 0 amide bonds. The molecule has 0 saturated carbocycles. The van der Waals surface area contributed by atoms with Crippen molar-refractivity contribution in [1.29, 1.82) is 0 Å². The van der Waals surface area contributed by atoms with Gasteiger partial charge in [-0.1, -0.05) is 0 Å². The van der Waals surface area contributed by atoms with Crippen LogP contribution in [0.2, 0.25) is 0 Å². The average molecular weight is 234 g/mol. The third-order valence-electron chi connectivity index (χ3n) is 2.92. The summed E-state index contributed by atoms with van der Waals surface area (Å²) in [7, 11) is -2.88. The first kappa shape index (κ1) is 12.9. The summed E-state index contributed by atoms with van der Waals surface area (Å²) in [6, 6.07) is 0.973. The Kier molecular flexibility index (Phi) is 4.14. The van der Waals surface area contributed by atoms with E-state index in [-0.39, 0.29) is 11.8 Å². The molecule has 1 fully saturated rings. The average Bonchev–Trinajstić information content (AvgIpc) is 2.06. The highest BCUT2D eigenvalue weighted by Crippen LogP contribution is 2.12. The number of piperazine rings is 1. The van der Waals surface area contributed by atoms with Gasteiger partial charge in [-0.3, -0.25) is 4.90 Å². The molecule has 0 aromatic rings.